The van der Waals surface area contributed by atoms with Crippen molar-refractivity contribution in [2.45, 2.75) is 20.8 Å². The van der Waals surface area contributed by atoms with Crippen LogP contribution in [0.15, 0.2) is 60.3 Å². The summed E-state index contributed by atoms with van der Waals surface area (Å²) < 4.78 is 0. The van der Waals surface area contributed by atoms with Crippen LogP contribution in [0.3, 0.4) is 0 Å². The van der Waals surface area contributed by atoms with Crippen molar-refractivity contribution >= 4 is 28.9 Å². The van der Waals surface area contributed by atoms with Gasteiger partial charge < -0.3 is 17.3 Å². The summed E-state index contributed by atoms with van der Waals surface area (Å²) in [5, 5.41) is 3.55. The molecule has 128 valence electrons. The summed E-state index contributed by atoms with van der Waals surface area (Å²) in [4.78, 5) is 11.8. The zero-order chi connectivity index (χ0) is 18.7. The van der Waals surface area contributed by atoms with Crippen LogP contribution in [0.4, 0.5) is 11.4 Å². The Kier molecular flexibility index (Phi) is 9.25. The number of rotatable bonds is 5. The molecule has 0 saturated carbocycles. The van der Waals surface area contributed by atoms with Crippen molar-refractivity contribution in [1.82, 2.24) is 0 Å². The molecule has 0 bridgehead atoms. The second-order valence-electron chi connectivity index (χ2n) is 4.97. The van der Waals surface area contributed by atoms with Gasteiger partial charge in [0, 0.05) is 28.1 Å². The van der Waals surface area contributed by atoms with Crippen molar-refractivity contribution in [2.75, 3.05) is 11.5 Å². The van der Waals surface area contributed by atoms with E-state index in [9.17, 15) is 4.79 Å². The van der Waals surface area contributed by atoms with E-state index in [2.05, 4.69) is 18.3 Å². The SMILES string of the molecule is C/C=C(C)/C=C(\C=N/N)c1c(N)cc(N)cc1C(C)=O.C=CC=C. The van der Waals surface area contributed by atoms with E-state index in [1.165, 1.54) is 13.1 Å². The molecule has 1 rings (SSSR count). The van der Waals surface area contributed by atoms with E-state index in [4.69, 9.17) is 17.3 Å². The number of ketones is 1. The molecule has 0 atom stereocenters. The summed E-state index contributed by atoms with van der Waals surface area (Å²) in [5.41, 5.74) is 15.4. The number of hydrazone groups is 1. The Labute approximate surface area is 143 Å². The van der Waals surface area contributed by atoms with Crippen LogP contribution in [0.5, 0.6) is 0 Å². The van der Waals surface area contributed by atoms with Crippen LogP contribution in [0.25, 0.3) is 5.57 Å². The summed E-state index contributed by atoms with van der Waals surface area (Å²) >= 11 is 0. The summed E-state index contributed by atoms with van der Waals surface area (Å²) in [6, 6.07) is 3.22. The summed E-state index contributed by atoms with van der Waals surface area (Å²) in [6.07, 6.45) is 8.55. The standard InChI is InChI=1S/C15H20N4O.C4H6/c1-4-9(2)5-11(8-19-18)15-13(10(3)20)6-12(16)7-14(15)17;1-3-4-2/h4-8H,16-18H2,1-3H3;3-4H,1-2H2/b9-4+,11-5+,19-8-;. The molecule has 5 nitrogen and oxygen atoms in total. The second kappa shape index (κ2) is 10.6. The average molecular weight is 326 g/mol. The number of hydrogen-bond acceptors (Lipinski definition) is 5. The van der Waals surface area contributed by atoms with Gasteiger partial charge >= 0.3 is 0 Å². The Morgan fingerprint density at radius 2 is 1.75 bits per heavy atom. The quantitative estimate of drug-likeness (QED) is 0.191. The first-order chi connectivity index (χ1) is 11.3. The van der Waals surface area contributed by atoms with Gasteiger partial charge in [0.25, 0.3) is 0 Å². The van der Waals surface area contributed by atoms with E-state index in [-0.39, 0.29) is 5.78 Å². The topological polar surface area (TPSA) is 107 Å². The van der Waals surface area contributed by atoms with Crippen molar-refractivity contribution < 1.29 is 4.79 Å². The number of carbonyl (C=O) groups is 1. The van der Waals surface area contributed by atoms with Gasteiger partial charge in [0.05, 0.1) is 6.21 Å². The molecule has 0 heterocycles. The lowest BCUT2D eigenvalue weighted by Gasteiger charge is -2.13. The van der Waals surface area contributed by atoms with Crippen molar-refractivity contribution in [1.29, 1.82) is 0 Å². The molecule has 0 saturated heterocycles. The zero-order valence-corrected chi connectivity index (χ0v) is 14.5. The summed E-state index contributed by atoms with van der Waals surface area (Å²) in [7, 11) is 0. The molecule has 0 amide bonds. The lowest BCUT2D eigenvalue weighted by molar-refractivity contribution is 0.101. The molecule has 0 aromatic heterocycles. The summed E-state index contributed by atoms with van der Waals surface area (Å²) in [6.45, 7) is 12.0. The van der Waals surface area contributed by atoms with E-state index in [1.54, 1.807) is 24.3 Å². The maximum absolute atomic E-state index is 11.8. The highest BCUT2D eigenvalue weighted by Crippen LogP contribution is 2.29. The molecule has 0 spiro atoms. The molecule has 0 aliphatic heterocycles. The molecule has 1 aromatic carbocycles. The predicted molar refractivity (Wildman–Crippen MR) is 106 cm³/mol. The molecule has 0 aliphatic carbocycles. The highest BCUT2D eigenvalue weighted by Gasteiger charge is 2.15. The number of anilines is 2. The maximum Gasteiger partial charge on any atom is 0.160 e. The largest absolute Gasteiger partial charge is 0.399 e. The van der Waals surface area contributed by atoms with Gasteiger partial charge in [0.1, 0.15) is 0 Å². The molecule has 0 radical (unpaired) electrons. The fourth-order valence-corrected chi connectivity index (χ4v) is 1.87. The number of allylic oxidation sites excluding steroid dienone is 6. The van der Waals surface area contributed by atoms with E-state index in [0.717, 1.165) is 5.57 Å². The second-order valence-corrected chi connectivity index (χ2v) is 4.97. The van der Waals surface area contributed by atoms with E-state index < -0.39 is 0 Å². The summed E-state index contributed by atoms with van der Waals surface area (Å²) in [5.74, 6) is 5.13. The number of Topliss-reactive ketones (excluding diaryl/α,β-unsaturated/α-hetero) is 1. The van der Waals surface area contributed by atoms with E-state index in [1.807, 2.05) is 26.0 Å². The highest BCUT2D eigenvalue weighted by molar-refractivity contribution is 6.17. The van der Waals surface area contributed by atoms with Crippen LogP contribution in [0.2, 0.25) is 0 Å². The lowest BCUT2D eigenvalue weighted by Crippen LogP contribution is -2.07. The van der Waals surface area contributed by atoms with Crippen molar-refractivity contribution in [3.05, 3.63) is 66.3 Å². The molecule has 6 N–H and O–H groups in total. The van der Waals surface area contributed by atoms with Gasteiger partial charge in [-0.15, -0.1) is 0 Å². The first kappa shape index (κ1) is 20.9. The Hall–Kier alpha value is -3.08. The molecular weight excluding hydrogens is 300 g/mol. The third kappa shape index (κ3) is 6.36. The monoisotopic (exact) mass is 326 g/mol. The minimum absolute atomic E-state index is 0.117. The first-order valence-electron chi connectivity index (χ1n) is 7.33. The third-order valence-electron chi connectivity index (χ3n) is 3.08. The van der Waals surface area contributed by atoms with Crippen LogP contribution >= 0.6 is 0 Å². The number of nitrogens with zero attached hydrogens (tertiary/aromatic N) is 1. The van der Waals surface area contributed by atoms with Crippen molar-refractivity contribution in [2.24, 2.45) is 10.9 Å². The molecule has 1 aromatic rings. The van der Waals surface area contributed by atoms with Crippen LogP contribution in [-0.2, 0) is 0 Å². The lowest BCUT2D eigenvalue weighted by atomic mass is 9.94. The Morgan fingerprint density at radius 3 is 2.17 bits per heavy atom. The zero-order valence-electron chi connectivity index (χ0n) is 14.5. The van der Waals surface area contributed by atoms with Crippen LogP contribution in [0.1, 0.15) is 36.7 Å². The Balaban J connectivity index is 0.00000118. The van der Waals surface area contributed by atoms with Gasteiger partial charge in [-0.25, -0.2) is 0 Å². The molecule has 0 unspecified atom stereocenters. The van der Waals surface area contributed by atoms with Gasteiger partial charge in [-0.2, -0.15) is 5.10 Å². The molecular formula is C19H26N4O. The molecule has 0 aliphatic rings. The van der Waals surface area contributed by atoms with Crippen LogP contribution in [0, 0.1) is 0 Å². The smallest absolute Gasteiger partial charge is 0.160 e. The van der Waals surface area contributed by atoms with Gasteiger partial charge in [0.15, 0.2) is 5.78 Å². The number of benzene rings is 1. The van der Waals surface area contributed by atoms with Gasteiger partial charge in [-0.1, -0.05) is 43.0 Å². The highest BCUT2D eigenvalue weighted by atomic mass is 16.1. The minimum atomic E-state index is -0.117. The number of nitrogen functional groups attached to an aromatic ring is 2. The average Bonchev–Trinajstić information content (AvgIpc) is 2.53. The number of carbonyl (C=O) groups excluding carboxylic acids is 1. The van der Waals surface area contributed by atoms with E-state index >= 15 is 0 Å². The molecule has 24 heavy (non-hydrogen) atoms. The third-order valence-corrected chi connectivity index (χ3v) is 3.08. The minimum Gasteiger partial charge on any atom is -0.399 e. The van der Waals surface area contributed by atoms with Crippen molar-refractivity contribution in [3.63, 3.8) is 0 Å². The van der Waals surface area contributed by atoms with E-state index in [0.29, 0.717) is 28.1 Å². The van der Waals surface area contributed by atoms with Gasteiger partial charge in [-0.3, -0.25) is 4.79 Å². The Morgan fingerprint density at radius 1 is 1.17 bits per heavy atom. The van der Waals surface area contributed by atoms with Crippen LogP contribution < -0.4 is 17.3 Å². The molecule has 0 fully saturated rings. The number of hydrogen-bond donors (Lipinski definition) is 3. The van der Waals surface area contributed by atoms with Crippen molar-refractivity contribution in [3.8, 4) is 0 Å². The van der Waals surface area contributed by atoms with Gasteiger partial charge in [0.2, 0.25) is 0 Å². The van der Waals surface area contributed by atoms with Gasteiger partial charge in [-0.05, 0) is 32.9 Å². The fourth-order valence-electron chi connectivity index (χ4n) is 1.87. The fraction of sp³-hybridized carbons (Fsp3) is 0.158. The van der Waals surface area contributed by atoms with Crippen LogP contribution in [-0.4, -0.2) is 12.0 Å². The normalized spacial score (nSPS) is 11.6. The molecule has 5 heteroatoms. The number of nitrogens with two attached hydrogens (primary N) is 3. The Bertz CT molecular complexity index is 692. The first-order valence-corrected chi connectivity index (χ1v) is 7.33. The maximum atomic E-state index is 11.8. The predicted octanol–water partition coefficient (Wildman–Crippen LogP) is 3.71.